The molecular weight excluding hydrogens is 192 g/mol. The third-order valence-corrected chi connectivity index (χ3v) is 2.25. The molecular formula is C11H10N2O2. The van der Waals surface area contributed by atoms with Crippen molar-refractivity contribution in [1.82, 2.24) is 4.98 Å². The largest absolute Gasteiger partial charge is 0.478 e. The first-order valence-corrected chi connectivity index (χ1v) is 4.52. The average molecular weight is 202 g/mol. The molecule has 0 unspecified atom stereocenters. The number of carbonyl (C=O) groups is 1. The average Bonchev–Trinajstić information content (AvgIpc) is 2.27. The van der Waals surface area contributed by atoms with Crippen molar-refractivity contribution in [2.45, 2.75) is 0 Å². The number of nitrogens with one attached hydrogen (secondary N) is 1. The molecule has 15 heavy (non-hydrogen) atoms. The van der Waals surface area contributed by atoms with Gasteiger partial charge in [-0.25, -0.2) is 9.78 Å². The summed E-state index contributed by atoms with van der Waals surface area (Å²) in [7, 11) is 1.76. The standard InChI is InChI=1S/C11H10N2O2/c1-12-10-9-6-8(11(14)15)3-2-7(9)4-5-13-10/h2-6H,1H3,(H,12,13)(H,14,15). The number of aromatic nitrogens is 1. The van der Waals surface area contributed by atoms with E-state index in [-0.39, 0.29) is 5.56 Å². The molecule has 0 saturated heterocycles. The molecule has 1 aromatic carbocycles. The van der Waals surface area contributed by atoms with Crippen LogP contribution in [0.25, 0.3) is 10.8 Å². The Morgan fingerprint density at radius 3 is 2.87 bits per heavy atom. The number of carboxylic acids is 1. The molecule has 2 aromatic rings. The van der Waals surface area contributed by atoms with Gasteiger partial charge in [0.2, 0.25) is 0 Å². The zero-order valence-electron chi connectivity index (χ0n) is 8.19. The van der Waals surface area contributed by atoms with E-state index in [0.717, 1.165) is 10.8 Å². The van der Waals surface area contributed by atoms with Gasteiger partial charge in [-0.15, -0.1) is 0 Å². The lowest BCUT2D eigenvalue weighted by Gasteiger charge is -2.05. The molecule has 2 rings (SSSR count). The first-order chi connectivity index (χ1) is 7.22. The van der Waals surface area contributed by atoms with Crippen molar-refractivity contribution in [2.75, 3.05) is 12.4 Å². The topological polar surface area (TPSA) is 62.2 Å². The van der Waals surface area contributed by atoms with Crippen LogP contribution in [0.4, 0.5) is 5.82 Å². The lowest BCUT2D eigenvalue weighted by molar-refractivity contribution is 0.0697. The molecule has 0 aliphatic carbocycles. The summed E-state index contributed by atoms with van der Waals surface area (Å²) in [6.07, 6.45) is 1.69. The Labute approximate surface area is 86.6 Å². The van der Waals surface area contributed by atoms with Gasteiger partial charge in [0.15, 0.2) is 0 Å². The van der Waals surface area contributed by atoms with Crippen LogP contribution in [0.3, 0.4) is 0 Å². The Hall–Kier alpha value is -2.10. The van der Waals surface area contributed by atoms with E-state index in [9.17, 15) is 4.79 Å². The number of benzene rings is 1. The van der Waals surface area contributed by atoms with E-state index in [4.69, 9.17) is 5.11 Å². The summed E-state index contributed by atoms with van der Waals surface area (Å²) in [6, 6.07) is 6.84. The Morgan fingerprint density at radius 2 is 2.20 bits per heavy atom. The van der Waals surface area contributed by atoms with E-state index in [1.807, 2.05) is 6.07 Å². The summed E-state index contributed by atoms with van der Waals surface area (Å²) in [5.74, 6) is -0.238. The van der Waals surface area contributed by atoms with Gasteiger partial charge in [-0.1, -0.05) is 6.07 Å². The van der Waals surface area contributed by atoms with Gasteiger partial charge < -0.3 is 10.4 Å². The molecule has 0 amide bonds. The fraction of sp³-hybridized carbons (Fsp3) is 0.0909. The molecule has 0 spiro atoms. The van der Waals surface area contributed by atoms with E-state index in [1.165, 1.54) is 0 Å². The number of rotatable bonds is 2. The minimum Gasteiger partial charge on any atom is -0.478 e. The highest BCUT2D eigenvalue weighted by molar-refractivity contribution is 5.98. The van der Waals surface area contributed by atoms with Crippen molar-refractivity contribution in [2.24, 2.45) is 0 Å². The van der Waals surface area contributed by atoms with Gasteiger partial charge in [0.1, 0.15) is 5.82 Å². The number of hydrogen-bond donors (Lipinski definition) is 2. The van der Waals surface area contributed by atoms with Crippen LogP contribution in [-0.2, 0) is 0 Å². The zero-order chi connectivity index (χ0) is 10.8. The van der Waals surface area contributed by atoms with Crippen molar-refractivity contribution in [3.05, 3.63) is 36.0 Å². The van der Waals surface area contributed by atoms with Gasteiger partial charge in [-0.05, 0) is 23.6 Å². The highest BCUT2D eigenvalue weighted by Crippen LogP contribution is 2.21. The lowest BCUT2D eigenvalue weighted by atomic mass is 10.1. The van der Waals surface area contributed by atoms with E-state index >= 15 is 0 Å². The van der Waals surface area contributed by atoms with Crippen molar-refractivity contribution in [1.29, 1.82) is 0 Å². The summed E-state index contributed by atoms with van der Waals surface area (Å²) in [4.78, 5) is 14.9. The molecule has 0 bridgehead atoms. The molecule has 4 heteroatoms. The van der Waals surface area contributed by atoms with Crippen LogP contribution in [0.5, 0.6) is 0 Å². The van der Waals surface area contributed by atoms with Gasteiger partial charge in [0, 0.05) is 18.6 Å². The van der Waals surface area contributed by atoms with Crippen LogP contribution >= 0.6 is 0 Å². The highest BCUT2D eigenvalue weighted by atomic mass is 16.4. The maximum Gasteiger partial charge on any atom is 0.335 e. The highest BCUT2D eigenvalue weighted by Gasteiger charge is 2.06. The minimum atomic E-state index is -0.928. The Kier molecular flexibility index (Phi) is 2.25. The second-order valence-electron chi connectivity index (χ2n) is 3.15. The molecule has 0 aliphatic heterocycles. The van der Waals surface area contributed by atoms with Crippen LogP contribution in [0.15, 0.2) is 30.5 Å². The van der Waals surface area contributed by atoms with Crippen molar-refractivity contribution < 1.29 is 9.90 Å². The number of anilines is 1. The Bertz CT molecular complexity index is 523. The van der Waals surface area contributed by atoms with Crippen LogP contribution < -0.4 is 5.32 Å². The number of fused-ring (bicyclic) bond motifs is 1. The number of pyridine rings is 1. The molecule has 0 radical (unpaired) electrons. The SMILES string of the molecule is CNc1nccc2ccc(C(=O)O)cc12. The summed E-state index contributed by atoms with van der Waals surface area (Å²) >= 11 is 0. The second-order valence-corrected chi connectivity index (χ2v) is 3.15. The third-order valence-electron chi connectivity index (χ3n) is 2.25. The monoisotopic (exact) mass is 202 g/mol. The molecule has 2 N–H and O–H groups in total. The van der Waals surface area contributed by atoms with E-state index in [1.54, 1.807) is 31.4 Å². The normalized spacial score (nSPS) is 10.2. The van der Waals surface area contributed by atoms with Crippen LogP contribution in [0, 0.1) is 0 Å². The van der Waals surface area contributed by atoms with E-state index in [0.29, 0.717) is 5.82 Å². The van der Waals surface area contributed by atoms with Crippen LogP contribution in [0.2, 0.25) is 0 Å². The predicted octanol–water partition coefficient (Wildman–Crippen LogP) is 1.97. The quantitative estimate of drug-likeness (QED) is 0.781. The minimum absolute atomic E-state index is 0.270. The fourth-order valence-corrected chi connectivity index (χ4v) is 1.50. The smallest absolute Gasteiger partial charge is 0.335 e. The summed E-state index contributed by atoms with van der Waals surface area (Å²) in [5.41, 5.74) is 0.270. The van der Waals surface area contributed by atoms with Gasteiger partial charge in [-0.3, -0.25) is 0 Å². The van der Waals surface area contributed by atoms with Crippen LogP contribution in [0.1, 0.15) is 10.4 Å². The number of carboxylic acid groups (broad SMARTS) is 1. The number of hydrogen-bond acceptors (Lipinski definition) is 3. The van der Waals surface area contributed by atoms with Gasteiger partial charge in [0.25, 0.3) is 0 Å². The molecule has 0 aliphatic rings. The van der Waals surface area contributed by atoms with E-state index in [2.05, 4.69) is 10.3 Å². The fourth-order valence-electron chi connectivity index (χ4n) is 1.50. The van der Waals surface area contributed by atoms with Crippen LogP contribution in [-0.4, -0.2) is 23.1 Å². The molecule has 4 nitrogen and oxygen atoms in total. The summed E-state index contributed by atoms with van der Waals surface area (Å²) in [5, 5.41) is 13.6. The maximum absolute atomic E-state index is 10.8. The first kappa shape index (κ1) is 9.45. The first-order valence-electron chi connectivity index (χ1n) is 4.52. The van der Waals surface area contributed by atoms with Gasteiger partial charge in [0.05, 0.1) is 5.56 Å². The predicted molar refractivity (Wildman–Crippen MR) is 58.2 cm³/mol. The molecule has 0 atom stereocenters. The number of nitrogens with zero attached hydrogens (tertiary/aromatic N) is 1. The molecule has 0 fully saturated rings. The lowest BCUT2D eigenvalue weighted by Crippen LogP contribution is -1.98. The summed E-state index contributed by atoms with van der Waals surface area (Å²) in [6.45, 7) is 0. The molecule has 0 saturated carbocycles. The van der Waals surface area contributed by atoms with Gasteiger partial charge >= 0.3 is 5.97 Å². The summed E-state index contributed by atoms with van der Waals surface area (Å²) < 4.78 is 0. The van der Waals surface area contributed by atoms with Crippen molar-refractivity contribution in [3.63, 3.8) is 0 Å². The molecule has 76 valence electrons. The van der Waals surface area contributed by atoms with E-state index < -0.39 is 5.97 Å². The zero-order valence-corrected chi connectivity index (χ0v) is 8.19. The molecule has 1 aromatic heterocycles. The Balaban J connectivity index is 2.72. The van der Waals surface area contributed by atoms with Gasteiger partial charge in [-0.2, -0.15) is 0 Å². The van der Waals surface area contributed by atoms with Crippen molar-refractivity contribution in [3.8, 4) is 0 Å². The molecule has 1 heterocycles. The third kappa shape index (κ3) is 1.61. The second kappa shape index (κ2) is 3.57. The number of aromatic carboxylic acids is 1. The Morgan fingerprint density at radius 1 is 1.40 bits per heavy atom. The van der Waals surface area contributed by atoms with Crippen molar-refractivity contribution >= 4 is 22.6 Å². The maximum atomic E-state index is 10.8.